The second-order valence-corrected chi connectivity index (χ2v) is 4.24. The fraction of sp³-hybridized carbons (Fsp3) is 0.909. The van der Waals surface area contributed by atoms with E-state index in [0.29, 0.717) is 18.4 Å². The molecule has 0 radical (unpaired) electrons. The van der Waals surface area contributed by atoms with Crippen molar-refractivity contribution in [2.24, 2.45) is 5.92 Å². The largest absolute Gasteiger partial charge is 0.300 e. The van der Waals surface area contributed by atoms with Crippen LogP contribution in [0.5, 0.6) is 0 Å². The monoisotopic (exact) mass is 185 g/mol. The molecule has 1 atom stereocenters. The van der Waals surface area contributed by atoms with E-state index < -0.39 is 0 Å². The van der Waals surface area contributed by atoms with Crippen LogP contribution < -0.4 is 0 Å². The molecular formula is C11H23NO. The van der Waals surface area contributed by atoms with Crippen LogP contribution in [0.25, 0.3) is 0 Å². The van der Waals surface area contributed by atoms with Crippen molar-refractivity contribution in [1.29, 1.82) is 0 Å². The summed E-state index contributed by atoms with van der Waals surface area (Å²) < 4.78 is 0. The van der Waals surface area contributed by atoms with Crippen LogP contribution in [0.3, 0.4) is 0 Å². The lowest BCUT2D eigenvalue weighted by molar-refractivity contribution is -0.118. The number of hydrogen-bond donors (Lipinski definition) is 0. The van der Waals surface area contributed by atoms with E-state index >= 15 is 0 Å². The van der Waals surface area contributed by atoms with Crippen LogP contribution in [0.1, 0.15) is 41.0 Å². The fourth-order valence-corrected chi connectivity index (χ4v) is 1.63. The van der Waals surface area contributed by atoms with Gasteiger partial charge >= 0.3 is 0 Å². The molecule has 0 saturated carbocycles. The summed E-state index contributed by atoms with van der Waals surface area (Å²) in [5.74, 6) is 0.962. The van der Waals surface area contributed by atoms with Crippen molar-refractivity contribution < 1.29 is 4.79 Å². The Kier molecular flexibility index (Phi) is 5.97. The van der Waals surface area contributed by atoms with E-state index in [1.165, 1.54) is 0 Å². The lowest BCUT2D eigenvalue weighted by atomic mass is 10.1. The highest BCUT2D eigenvalue weighted by Gasteiger charge is 2.14. The first-order chi connectivity index (χ1) is 5.97. The van der Waals surface area contributed by atoms with Crippen LogP contribution in [-0.4, -0.2) is 29.8 Å². The summed E-state index contributed by atoms with van der Waals surface area (Å²) in [7, 11) is 0. The van der Waals surface area contributed by atoms with E-state index in [1.54, 1.807) is 6.92 Å². The molecule has 0 aromatic rings. The highest BCUT2D eigenvalue weighted by Crippen LogP contribution is 2.07. The predicted octanol–water partition coefficient (Wildman–Crippen LogP) is 2.33. The summed E-state index contributed by atoms with van der Waals surface area (Å²) >= 11 is 0. The maximum absolute atomic E-state index is 10.9. The summed E-state index contributed by atoms with van der Waals surface area (Å²) in [6.07, 6.45) is 0.681. The molecule has 13 heavy (non-hydrogen) atoms. The zero-order chi connectivity index (χ0) is 10.4. The Hall–Kier alpha value is -0.370. The van der Waals surface area contributed by atoms with Gasteiger partial charge in [0.05, 0.1) is 0 Å². The molecule has 2 heteroatoms. The third kappa shape index (κ3) is 5.81. The molecule has 0 heterocycles. The average molecular weight is 185 g/mol. The summed E-state index contributed by atoms with van der Waals surface area (Å²) in [5.41, 5.74) is 0. The fourth-order valence-electron chi connectivity index (χ4n) is 1.63. The lowest BCUT2D eigenvalue weighted by Gasteiger charge is -2.28. The Morgan fingerprint density at radius 1 is 1.31 bits per heavy atom. The maximum Gasteiger partial charge on any atom is 0.131 e. The molecule has 0 fully saturated rings. The average Bonchev–Trinajstić information content (AvgIpc) is 1.98. The minimum Gasteiger partial charge on any atom is -0.300 e. The topological polar surface area (TPSA) is 20.3 Å². The van der Waals surface area contributed by atoms with Gasteiger partial charge in [0.2, 0.25) is 0 Å². The van der Waals surface area contributed by atoms with E-state index in [-0.39, 0.29) is 5.78 Å². The lowest BCUT2D eigenvalue weighted by Crippen LogP contribution is -2.36. The molecule has 2 nitrogen and oxygen atoms in total. The van der Waals surface area contributed by atoms with E-state index in [0.717, 1.165) is 13.1 Å². The van der Waals surface area contributed by atoms with Gasteiger partial charge in [-0.15, -0.1) is 0 Å². The molecule has 0 aromatic carbocycles. The van der Waals surface area contributed by atoms with E-state index in [1.807, 2.05) is 0 Å². The molecule has 0 aliphatic rings. The molecular weight excluding hydrogens is 162 g/mol. The molecule has 0 aliphatic carbocycles. The molecule has 0 bridgehead atoms. The maximum atomic E-state index is 10.9. The second-order valence-electron chi connectivity index (χ2n) is 4.24. The first-order valence-electron chi connectivity index (χ1n) is 5.20. The van der Waals surface area contributed by atoms with E-state index in [2.05, 4.69) is 32.6 Å². The van der Waals surface area contributed by atoms with Crippen molar-refractivity contribution in [2.45, 2.75) is 47.1 Å². The molecule has 0 aromatic heterocycles. The third-order valence-corrected chi connectivity index (χ3v) is 2.21. The first kappa shape index (κ1) is 12.6. The van der Waals surface area contributed by atoms with Crippen LogP contribution in [0.2, 0.25) is 0 Å². The summed E-state index contributed by atoms with van der Waals surface area (Å²) in [6, 6.07) is 0.393. The summed E-state index contributed by atoms with van der Waals surface area (Å²) in [4.78, 5) is 13.3. The van der Waals surface area contributed by atoms with Gasteiger partial charge in [-0.3, -0.25) is 4.79 Å². The zero-order valence-electron chi connectivity index (χ0n) is 9.63. The molecule has 78 valence electrons. The number of hydrogen-bond acceptors (Lipinski definition) is 2. The van der Waals surface area contributed by atoms with Gasteiger partial charge in [0.1, 0.15) is 5.78 Å². The van der Waals surface area contributed by atoms with Gasteiger partial charge in [-0.25, -0.2) is 0 Å². The van der Waals surface area contributed by atoms with Crippen molar-refractivity contribution >= 4 is 5.78 Å². The Labute approximate surface area is 82.3 Å². The Balaban J connectivity index is 3.98. The smallest absolute Gasteiger partial charge is 0.131 e. The highest BCUT2D eigenvalue weighted by molar-refractivity contribution is 5.76. The molecule has 0 saturated heterocycles. The number of rotatable bonds is 6. The number of carbonyl (C=O) groups is 1. The van der Waals surface area contributed by atoms with Gasteiger partial charge in [-0.1, -0.05) is 20.8 Å². The van der Waals surface area contributed by atoms with Crippen LogP contribution in [0, 0.1) is 5.92 Å². The van der Waals surface area contributed by atoms with Crippen LogP contribution in [0.4, 0.5) is 0 Å². The number of carbonyl (C=O) groups excluding carboxylic acids is 1. The highest BCUT2D eigenvalue weighted by atomic mass is 16.1. The molecule has 0 spiro atoms. The summed E-state index contributed by atoms with van der Waals surface area (Å²) in [5, 5.41) is 0. The first-order valence-corrected chi connectivity index (χ1v) is 5.20. The molecule has 0 N–H and O–H groups in total. The normalized spacial score (nSPS) is 13.8. The Bertz CT molecular complexity index is 154. The van der Waals surface area contributed by atoms with Crippen LogP contribution in [0.15, 0.2) is 0 Å². The molecule has 0 amide bonds. The van der Waals surface area contributed by atoms with E-state index in [4.69, 9.17) is 0 Å². The van der Waals surface area contributed by atoms with Gasteiger partial charge in [-0.2, -0.15) is 0 Å². The van der Waals surface area contributed by atoms with Crippen molar-refractivity contribution in [2.75, 3.05) is 13.1 Å². The standard InChI is InChI=1S/C11H23NO/c1-6-12(8-9(2)3)10(4)7-11(5)13/h9-10H,6-8H2,1-5H3. The minimum atomic E-state index is 0.287. The molecule has 0 rings (SSSR count). The van der Waals surface area contributed by atoms with Gasteiger partial charge in [0, 0.05) is 19.0 Å². The van der Waals surface area contributed by atoms with Crippen LogP contribution in [-0.2, 0) is 4.79 Å². The Morgan fingerprint density at radius 2 is 1.85 bits per heavy atom. The van der Waals surface area contributed by atoms with Gasteiger partial charge < -0.3 is 4.90 Å². The number of nitrogens with zero attached hydrogens (tertiary/aromatic N) is 1. The van der Waals surface area contributed by atoms with Crippen molar-refractivity contribution in [3.8, 4) is 0 Å². The van der Waals surface area contributed by atoms with Crippen molar-refractivity contribution in [1.82, 2.24) is 4.90 Å². The third-order valence-electron chi connectivity index (χ3n) is 2.21. The van der Waals surface area contributed by atoms with Crippen molar-refractivity contribution in [3.05, 3.63) is 0 Å². The molecule has 0 aliphatic heterocycles. The second kappa shape index (κ2) is 6.14. The quantitative estimate of drug-likeness (QED) is 0.633. The van der Waals surface area contributed by atoms with Gasteiger partial charge in [0.25, 0.3) is 0 Å². The SMILES string of the molecule is CCN(CC(C)C)C(C)CC(C)=O. The van der Waals surface area contributed by atoms with E-state index in [9.17, 15) is 4.79 Å². The van der Waals surface area contributed by atoms with Crippen molar-refractivity contribution in [3.63, 3.8) is 0 Å². The summed E-state index contributed by atoms with van der Waals surface area (Å²) in [6.45, 7) is 12.5. The van der Waals surface area contributed by atoms with Gasteiger partial charge in [-0.05, 0) is 26.3 Å². The number of ketones is 1. The van der Waals surface area contributed by atoms with Crippen LogP contribution >= 0.6 is 0 Å². The van der Waals surface area contributed by atoms with Gasteiger partial charge in [0.15, 0.2) is 0 Å². The zero-order valence-corrected chi connectivity index (χ0v) is 9.63. The predicted molar refractivity (Wildman–Crippen MR) is 56.8 cm³/mol. The minimum absolute atomic E-state index is 0.287. The Morgan fingerprint density at radius 3 is 2.15 bits per heavy atom. The molecule has 1 unspecified atom stereocenters. The number of Topliss-reactive ketones (excluding diaryl/α,β-unsaturated/α-hetero) is 1.